The number of phenolic OH excluding ortho intramolecular Hbond substituents is 1. The average molecular weight is 411 g/mol. The first kappa shape index (κ1) is 20.2. The van der Waals surface area contributed by atoms with Crippen LogP contribution in [0.4, 0.5) is 0 Å². The first-order valence-corrected chi connectivity index (χ1v) is 9.90. The van der Waals surface area contributed by atoms with E-state index >= 15 is 0 Å². The van der Waals surface area contributed by atoms with Crippen molar-refractivity contribution in [2.45, 2.75) is 6.04 Å². The molecule has 0 atom stereocenters. The Hall–Kier alpha value is -4.12. The number of esters is 1. The van der Waals surface area contributed by atoms with Crippen LogP contribution in [0.5, 0.6) is 5.75 Å². The van der Waals surface area contributed by atoms with Crippen LogP contribution in [-0.2, 0) is 9.53 Å². The Balaban J connectivity index is 1.46. The molecule has 0 unspecified atom stereocenters. The van der Waals surface area contributed by atoms with E-state index in [0.717, 1.165) is 21.9 Å². The van der Waals surface area contributed by atoms with Crippen LogP contribution >= 0.6 is 0 Å². The number of hydrogen-bond donors (Lipinski definition) is 2. The van der Waals surface area contributed by atoms with E-state index in [1.807, 2.05) is 84.9 Å². The van der Waals surface area contributed by atoms with Crippen LogP contribution < -0.4 is 5.32 Å². The molecular weight excluding hydrogens is 390 g/mol. The Morgan fingerprint density at radius 2 is 1.29 bits per heavy atom. The third-order valence-electron chi connectivity index (χ3n) is 4.99. The van der Waals surface area contributed by atoms with Gasteiger partial charge in [0.05, 0.1) is 6.04 Å². The number of benzene rings is 4. The van der Waals surface area contributed by atoms with E-state index < -0.39 is 18.5 Å². The summed E-state index contributed by atoms with van der Waals surface area (Å²) in [6, 6.07) is 29.2. The number of rotatable bonds is 6. The van der Waals surface area contributed by atoms with Gasteiger partial charge in [-0.2, -0.15) is 0 Å². The lowest BCUT2D eigenvalue weighted by Gasteiger charge is -2.20. The Morgan fingerprint density at radius 3 is 1.87 bits per heavy atom. The fourth-order valence-electron chi connectivity index (χ4n) is 3.45. The van der Waals surface area contributed by atoms with Crippen LogP contribution in [0.2, 0.25) is 0 Å². The number of nitrogens with one attached hydrogen (secondary N) is 1. The molecule has 0 saturated heterocycles. The van der Waals surface area contributed by atoms with Gasteiger partial charge in [-0.15, -0.1) is 0 Å². The van der Waals surface area contributed by atoms with Crippen molar-refractivity contribution >= 4 is 22.6 Å². The first-order chi connectivity index (χ1) is 15.1. The quantitative estimate of drug-likeness (QED) is 0.455. The molecule has 154 valence electrons. The number of carbonyl (C=O) groups excluding carboxylic acids is 2. The van der Waals surface area contributed by atoms with E-state index in [9.17, 15) is 14.7 Å². The number of amides is 1. The lowest BCUT2D eigenvalue weighted by atomic mass is 9.99. The Labute approximate surface area is 179 Å². The summed E-state index contributed by atoms with van der Waals surface area (Å²) in [5, 5.41) is 14.7. The van der Waals surface area contributed by atoms with Gasteiger partial charge in [0.1, 0.15) is 11.3 Å². The zero-order chi connectivity index (χ0) is 21.6. The van der Waals surface area contributed by atoms with Crippen molar-refractivity contribution in [3.63, 3.8) is 0 Å². The molecule has 4 aromatic carbocycles. The van der Waals surface area contributed by atoms with Crippen LogP contribution in [0.1, 0.15) is 27.5 Å². The number of carbonyl (C=O) groups is 2. The highest BCUT2D eigenvalue weighted by atomic mass is 16.5. The Morgan fingerprint density at radius 1 is 0.774 bits per heavy atom. The fraction of sp³-hybridized carbons (Fsp3) is 0.0769. The van der Waals surface area contributed by atoms with Gasteiger partial charge in [0.15, 0.2) is 6.61 Å². The molecule has 1 amide bonds. The van der Waals surface area contributed by atoms with Gasteiger partial charge >= 0.3 is 5.97 Å². The van der Waals surface area contributed by atoms with Crippen molar-refractivity contribution in [3.05, 3.63) is 114 Å². The highest BCUT2D eigenvalue weighted by Gasteiger charge is 2.19. The molecule has 0 radical (unpaired) electrons. The topological polar surface area (TPSA) is 75.6 Å². The van der Waals surface area contributed by atoms with E-state index in [0.29, 0.717) is 0 Å². The van der Waals surface area contributed by atoms with Crippen LogP contribution in [0, 0.1) is 0 Å². The lowest BCUT2D eigenvalue weighted by molar-refractivity contribution is -0.124. The minimum Gasteiger partial charge on any atom is -0.507 e. The number of hydrogen-bond acceptors (Lipinski definition) is 4. The van der Waals surface area contributed by atoms with Crippen molar-refractivity contribution < 1.29 is 19.4 Å². The largest absolute Gasteiger partial charge is 0.507 e. The second kappa shape index (κ2) is 9.13. The molecule has 0 fully saturated rings. The minimum atomic E-state index is -0.755. The molecule has 0 aliphatic carbocycles. The molecule has 4 rings (SSSR count). The summed E-state index contributed by atoms with van der Waals surface area (Å²) in [6.45, 7) is -0.457. The summed E-state index contributed by atoms with van der Waals surface area (Å²) in [4.78, 5) is 25.1. The van der Waals surface area contributed by atoms with Crippen molar-refractivity contribution in [2.75, 3.05) is 6.61 Å². The number of aromatic hydroxyl groups is 1. The smallest absolute Gasteiger partial charge is 0.342 e. The van der Waals surface area contributed by atoms with E-state index in [1.54, 1.807) is 6.07 Å². The molecular formula is C26H21NO4. The highest BCUT2D eigenvalue weighted by molar-refractivity contribution is 5.99. The van der Waals surface area contributed by atoms with Crippen molar-refractivity contribution in [2.24, 2.45) is 0 Å². The maximum absolute atomic E-state index is 12.6. The maximum atomic E-state index is 12.6. The predicted octanol–water partition coefficient (Wildman–Crippen LogP) is 4.61. The molecule has 5 nitrogen and oxygen atoms in total. The molecule has 0 aromatic heterocycles. The monoisotopic (exact) mass is 411 g/mol. The summed E-state index contributed by atoms with van der Waals surface area (Å²) in [6.07, 6.45) is 0. The van der Waals surface area contributed by atoms with Gasteiger partial charge in [-0.1, -0.05) is 84.9 Å². The van der Waals surface area contributed by atoms with Gasteiger partial charge in [0, 0.05) is 0 Å². The van der Waals surface area contributed by atoms with Gasteiger partial charge in [0.25, 0.3) is 5.91 Å². The van der Waals surface area contributed by atoms with Gasteiger partial charge in [-0.3, -0.25) is 4.79 Å². The summed E-state index contributed by atoms with van der Waals surface area (Å²) in [5.74, 6) is -1.38. The van der Waals surface area contributed by atoms with Gasteiger partial charge in [-0.05, 0) is 34.0 Å². The fourth-order valence-corrected chi connectivity index (χ4v) is 3.45. The zero-order valence-corrected chi connectivity index (χ0v) is 16.7. The molecule has 2 N–H and O–H groups in total. The van der Waals surface area contributed by atoms with Gasteiger partial charge in [-0.25, -0.2) is 4.79 Å². The average Bonchev–Trinajstić information content (AvgIpc) is 2.81. The van der Waals surface area contributed by atoms with Crippen LogP contribution in [0.25, 0.3) is 10.8 Å². The predicted molar refractivity (Wildman–Crippen MR) is 119 cm³/mol. The zero-order valence-electron chi connectivity index (χ0n) is 16.7. The molecule has 5 heteroatoms. The summed E-state index contributed by atoms with van der Waals surface area (Å²) in [7, 11) is 0. The number of fused-ring (bicyclic) bond motifs is 1. The van der Waals surface area contributed by atoms with E-state index in [2.05, 4.69) is 5.32 Å². The normalized spacial score (nSPS) is 10.7. The summed E-state index contributed by atoms with van der Waals surface area (Å²) in [5.41, 5.74) is 1.86. The second-order valence-electron chi connectivity index (χ2n) is 7.11. The number of phenols is 1. The van der Waals surface area contributed by atoms with Crippen molar-refractivity contribution in [1.82, 2.24) is 5.32 Å². The van der Waals surface area contributed by atoms with Crippen LogP contribution in [-0.4, -0.2) is 23.6 Å². The van der Waals surface area contributed by atoms with E-state index in [4.69, 9.17) is 4.74 Å². The van der Waals surface area contributed by atoms with Gasteiger partial charge < -0.3 is 15.2 Å². The second-order valence-corrected chi connectivity index (χ2v) is 7.11. The molecule has 0 bridgehead atoms. The van der Waals surface area contributed by atoms with Gasteiger partial charge in [0.2, 0.25) is 0 Å². The first-order valence-electron chi connectivity index (χ1n) is 9.90. The molecule has 31 heavy (non-hydrogen) atoms. The SMILES string of the molecule is O=C(COC(=O)c1cc2ccccc2cc1O)NC(c1ccccc1)c1ccccc1. The van der Waals surface area contributed by atoms with Crippen LogP contribution in [0.3, 0.4) is 0 Å². The minimum absolute atomic E-state index is 0.0224. The Kier molecular flexibility index (Phi) is 5.94. The summed E-state index contributed by atoms with van der Waals surface area (Å²) >= 11 is 0. The lowest BCUT2D eigenvalue weighted by Crippen LogP contribution is -2.33. The van der Waals surface area contributed by atoms with Crippen molar-refractivity contribution in [3.8, 4) is 5.75 Å². The standard InChI is InChI=1S/C26H21NO4/c28-23-16-21-14-8-7-13-20(21)15-22(23)26(30)31-17-24(29)27-25(18-9-3-1-4-10-18)19-11-5-2-6-12-19/h1-16,25,28H,17H2,(H,27,29). The van der Waals surface area contributed by atoms with Crippen molar-refractivity contribution in [1.29, 1.82) is 0 Å². The number of ether oxygens (including phenoxy) is 1. The third-order valence-corrected chi connectivity index (χ3v) is 4.99. The van der Waals surface area contributed by atoms with E-state index in [1.165, 1.54) is 6.07 Å². The molecule has 0 saturated carbocycles. The molecule has 4 aromatic rings. The highest BCUT2D eigenvalue weighted by Crippen LogP contribution is 2.26. The molecule has 0 heterocycles. The van der Waals surface area contributed by atoms with E-state index in [-0.39, 0.29) is 17.4 Å². The molecule has 0 aliphatic heterocycles. The molecule has 0 aliphatic rings. The molecule has 0 spiro atoms. The van der Waals surface area contributed by atoms with Crippen LogP contribution in [0.15, 0.2) is 97.1 Å². The third kappa shape index (κ3) is 4.73. The maximum Gasteiger partial charge on any atom is 0.342 e. The Bertz CT molecular complexity index is 1170. The summed E-state index contributed by atoms with van der Waals surface area (Å²) < 4.78 is 5.18.